The molecule has 2 aliphatic heterocycles. The van der Waals surface area contributed by atoms with Crippen LogP contribution in [0, 0.1) is 13.8 Å². The molecule has 7 heteroatoms. The number of Topliss-reactive ketones (excluding diaryl/α,β-unsaturated/α-hetero) is 1. The molecule has 1 fully saturated rings. The van der Waals surface area contributed by atoms with Crippen LogP contribution in [0.5, 0.6) is 5.75 Å². The third-order valence-corrected chi connectivity index (χ3v) is 6.31. The largest absolute Gasteiger partial charge is 0.486 e. The summed E-state index contributed by atoms with van der Waals surface area (Å²) in [7, 11) is 0. The zero-order chi connectivity index (χ0) is 23.0. The van der Waals surface area contributed by atoms with Gasteiger partial charge in [-0.1, -0.05) is 18.2 Å². The van der Waals surface area contributed by atoms with Crippen LogP contribution in [0.1, 0.15) is 51.4 Å². The first kappa shape index (κ1) is 21.1. The normalized spacial score (nSPS) is 16.8. The number of nitrogens with one attached hydrogen (secondary N) is 1. The van der Waals surface area contributed by atoms with E-state index >= 15 is 0 Å². The number of para-hydroxylation sites is 1. The SMILES string of the molecule is Cc1cc(C)nc(Nc2cccc(C(=O)N3CCC4(CC3)CC(=O)c3ccccc3O4)c2)n1. The lowest BCUT2D eigenvalue weighted by atomic mass is 9.82. The molecule has 1 saturated heterocycles. The third kappa shape index (κ3) is 4.31. The topological polar surface area (TPSA) is 84.4 Å². The molecule has 3 heterocycles. The maximum absolute atomic E-state index is 13.2. The van der Waals surface area contributed by atoms with Crippen LogP contribution in [0.3, 0.4) is 0 Å². The molecular formula is C26H26N4O3. The Morgan fingerprint density at radius 1 is 1.00 bits per heavy atom. The molecule has 0 saturated carbocycles. The number of aryl methyl sites for hydroxylation is 2. The Bertz CT molecular complexity index is 1210. The van der Waals surface area contributed by atoms with Gasteiger partial charge in [0, 0.05) is 48.6 Å². The number of ketones is 1. The highest BCUT2D eigenvalue weighted by Crippen LogP contribution is 2.39. The minimum Gasteiger partial charge on any atom is -0.486 e. The van der Waals surface area contributed by atoms with E-state index in [9.17, 15) is 9.59 Å². The van der Waals surface area contributed by atoms with Crippen LogP contribution in [0.2, 0.25) is 0 Å². The van der Waals surface area contributed by atoms with Gasteiger partial charge in [-0.15, -0.1) is 0 Å². The van der Waals surface area contributed by atoms with E-state index in [1.165, 1.54) is 0 Å². The van der Waals surface area contributed by atoms with Crippen LogP contribution in [0.25, 0.3) is 0 Å². The van der Waals surface area contributed by atoms with Crippen molar-refractivity contribution in [3.05, 3.63) is 77.1 Å². The minimum atomic E-state index is -0.522. The lowest BCUT2D eigenvalue weighted by molar-refractivity contribution is -0.00570. The highest BCUT2D eigenvalue weighted by molar-refractivity contribution is 6.00. The number of hydrogen-bond acceptors (Lipinski definition) is 6. The Labute approximate surface area is 192 Å². The number of carbonyl (C=O) groups excluding carboxylic acids is 2. The molecule has 0 bridgehead atoms. The number of nitrogens with zero attached hydrogens (tertiary/aromatic N) is 3. The van der Waals surface area contributed by atoms with E-state index in [4.69, 9.17) is 4.74 Å². The van der Waals surface area contributed by atoms with E-state index in [0.717, 1.165) is 17.1 Å². The maximum atomic E-state index is 13.2. The lowest BCUT2D eigenvalue weighted by Gasteiger charge is -2.44. The van der Waals surface area contributed by atoms with E-state index < -0.39 is 5.60 Å². The number of fused-ring (bicyclic) bond motifs is 1. The Morgan fingerprint density at radius 2 is 1.73 bits per heavy atom. The predicted octanol–water partition coefficient (Wildman–Crippen LogP) is 4.48. The number of ether oxygens (including phenoxy) is 1. The number of rotatable bonds is 3. The van der Waals surface area contributed by atoms with Crippen molar-refractivity contribution in [1.29, 1.82) is 0 Å². The van der Waals surface area contributed by atoms with Crippen molar-refractivity contribution in [3.63, 3.8) is 0 Å². The molecule has 1 aromatic heterocycles. The van der Waals surface area contributed by atoms with Gasteiger partial charge in [-0.2, -0.15) is 0 Å². The third-order valence-electron chi connectivity index (χ3n) is 6.31. The molecule has 3 aromatic rings. The van der Waals surface area contributed by atoms with E-state index in [-0.39, 0.29) is 11.7 Å². The Morgan fingerprint density at radius 3 is 2.48 bits per heavy atom. The summed E-state index contributed by atoms with van der Waals surface area (Å²) in [5.41, 5.74) is 3.25. The van der Waals surface area contributed by atoms with Gasteiger partial charge >= 0.3 is 0 Å². The molecule has 1 N–H and O–H groups in total. The molecule has 2 aromatic carbocycles. The molecule has 0 aliphatic carbocycles. The standard InChI is InChI=1S/C26H26N4O3/c1-17-14-18(2)28-25(27-17)29-20-7-5-6-19(15-20)24(32)30-12-10-26(11-13-30)16-22(31)21-8-3-4-9-23(21)33-26/h3-9,14-15H,10-13,16H2,1-2H3,(H,27,28,29). The summed E-state index contributed by atoms with van der Waals surface area (Å²) >= 11 is 0. The maximum Gasteiger partial charge on any atom is 0.253 e. The number of benzene rings is 2. The first-order chi connectivity index (χ1) is 15.9. The minimum absolute atomic E-state index is 0.0302. The second-order valence-corrected chi connectivity index (χ2v) is 8.85. The van der Waals surface area contributed by atoms with Gasteiger partial charge in [0.15, 0.2) is 5.78 Å². The Balaban J connectivity index is 1.27. The average molecular weight is 443 g/mol. The van der Waals surface area contributed by atoms with Crippen LogP contribution < -0.4 is 10.1 Å². The van der Waals surface area contributed by atoms with Crippen molar-refractivity contribution >= 4 is 23.3 Å². The molecule has 0 atom stereocenters. The smallest absolute Gasteiger partial charge is 0.253 e. The summed E-state index contributed by atoms with van der Waals surface area (Å²) in [6.45, 7) is 4.94. The van der Waals surface area contributed by atoms with E-state index in [2.05, 4.69) is 15.3 Å². The van der Waals surface area contributed by atoms with Gasteiger partial charge < -0.3 is 15.0 Å². The van der Waals surface area contributed by atoms with Gasteiger partial charge in [-0.25, -0.2) is 9.97 Å². The van der Waals surface area contributed by atoms with Crippen molar-refractivity contribution in [2.75, 3.05) is 18.4 Å². The van der Waals surface area contributed by atoms with E-state index in [1.807, 2.05) is 73.3 Å². The second-order valence-electron chi connectivity index (χ2n) is 8.85. The van der Waals surface area contributed by atoms with Gasteiger partial charge in [0.05, 0.1) is 12.0 Å². The fraction of sp³-hybridized carbons (Fsp3) is 0.308. The van der Waals surface area contributed by atoms with Gasteiger partial charge in [-0.05, 0) is 50.2 Å². The Hall–Kier alpha value is -3.74. The molecule has 1 spiro atoms. The molecule has 168 valence electrons. The number of anilines is 2. The van der Waals surface area contributed by atoms with Gasteiger partial charge in [0.2, 0.25) is 5.95 Å². The number of piperidine rings is 1. The summed E-state index contributed by atoms with van der Waals surface area (Å²) in [6, 6.07) is 16.7. The zero-order valence-electron chi connectivity index (χ0n) is 18.8. The van der Waals surface area contributed by atoms with Crippen molar-refractivity contribution < 1.29 is 14.3 Å². The monoisotopic (exact) mass is 442 g/mol. The van der Waals surface area contributed by atoms with Gasteiger partial charge in [0.25, 0.3) is 5.91 Å². The van der Waals surface area contributed by atoms with Crippen molar-refractivity contribution in [2.24, 2.45) is 0 Å². The summed E-state index contributed by atoms with van der Waals surface area (Å²) in [6.07, 6.45) is 1.63. The molecule has 0 unspecified atom stereocenters. The summed E-state index contributed by atoms with van der Waals surface area (Å²) in [4.78, 5) is 36.5. The van der Waals surface area contributed by atoms with Crippen LogP contribution in [-0.4, -0.2) is 45.2 Å². The molecule has 2 aliphatic rings. The molecule has 5 rings (SSSR count). The van der Waals surface area contributed by atoms with Crippen LogP contribution in [-0.2, 0) is 0 Å². The van der Waals surface area contributed by atoms with E-state index in [0.29, 0.717) is 55.2 Å². The first-order valence-electron chi connectivity index (χ1n) is 11.2. The van der Waals surface area contributed by atoms with Crippen molar-refractivity contribution in [1.82, 2.24) is 14.9 Å². The first-order valence-corrected chi connectivity index (χ1v) is 11.2. The number of aromatic nitrogens is 2. The summed E-state index contributed by atoms with van der Waals surface area (Å²) in [5.74, 6) is 1.25. The second kappa shape index (κ2) is 8.31. The van der Waals surface area contributed by atoms with Crippen LogP contribution in [0.15, 0.2) is 54.6 Å². The molecule has 0 radical (unpaired) electrons. The summed E-state index contributed by atoms with van der Waals surface area (Å²) in [5, 5.41) is 3.19. The molecule has 33 heavy (non-hydrogen) atoms. The molecular weight excluding hydrogens is 416 g/mol. The Kier molecular flexibility index (Phi) is 5.32. The van der Waals surface area contributed by atoms with Crippen LogP contribution in [0.4, 0.5) is 11.6 Å². The zero-order valence-corrected chi connectivity index (χ0v) is 18.8. The number of hydrogen-bond donors (Lipinski definition) is 1. The fourth-order valence-electron chi connectivity index (χ4n) is 4.66. The predicted molar refractivity (Wildman–Crippen MR) is 125 cm³/mol. The van der Waals surface area contributed by atoms with Gasteiger partial charge in [0.1, 0.15) is 11.4 Å². The van der Waals surface area contributed by atoms with Crippen LogP contribution >= 0.6 is 0 Å². The fourth-order valence-corrected chi connectivity index (χ4v) is 4.66. The summed E-state index contributed by atoms with van der Waals surface area (Å²) < 4.78 is 6.29. The quantitative estimate of drug-likeness (QED) is 0.644. The molecule has 1 amide bonds. The van der Waals surface area contributed by atoms with E-state index in [1.54, 1.807) is 0 Å². The number of carbonyl (C=O) groups is 2. The highest BCUT2D eigenvalue weighted by Gasteiger charge is 2.43. The lowest BCUT2D eigenvalue weighted by Crippen LogP contribution is -2.52. The number of likely N-dealkylation sites (tertiary alicyclic amines) is 1. The average Bonchev–Trinajstić information content (AvgIpc) is 2.79. The number of amides is 1. The van der Waals surface area contributed by atoms with Crippen molar-refractivity contribution in [2.45, 2.75) is 38.7 Å². The van der Waals surface area contributed by atoms with Crippen molar-refractivity contribution in [3.8, 4) is 5.75 Å². The van der Waals surface area contributed by atoms with Gasteiger partial charge in [-0.3, -0.25) is 9.59 Å². The highest BCUT2D eigenvalue weighted by atomic mass is 16.5. The molecule has 7 nitrogen and oxygen atoms in total.